The van der Waals surface area contributed by atoms with Crippen LogP contribution in [0.1, 0.15) is 81.5 Å². The average molecular weight is 561 g/mol. The van der Waals surface area contributed by atoms with E-state index in [4.69, 9.17) is 15.2 Å². The van der Waals surface area contributed by atoms with E-state index < -0.39 is 23.4 Å². The zero-order chi connectivity index (χ0) is 29.1. The van der Waals surface area contributed by atoms with Gasteiger partial charge in [0.15, 0.2) is 0 Å². The third kappa shape index (κ3) is 5.54. The van der Waals surface area contributed by atoms with Gasteiger partial charge in [0.2, 0.25) is 0 Å². The summed E-state index contributed by atoms with van der Waals surface area (Å²) in [4.78, 5) is 40.6. The van der Waals surface area contributed by atoms with Gasteiger partial charge in [-0.1, -0.05) is 76.2 Å². The molecule has 0 bridgehead atoms. The van der Waals surface area contributed by atoms with Gasteiger partial charge in [0.25, 0.3) is 5.56 Å². The average Bonchev–Trinajstić information content (AvgIpc) is 3.24. The number of ether oxygens (including phenoxy) is 2. The molecule has 0 spiro atoms. The molecule has 1 aromatic heterocycles. The van der Waals surface area contributed by atoms with Crippen molar-refractivity contribution in [3.8, 4) is 0 Å². The van der Waals surface area contributed by atoms with E-state index in [9.17, 15) is 14.4 Å². The number of thiazole rings is 1. The van der Waals surface area contributed by atoms with E-state index >= 15 is 0 Å². The lowest BCUT2D eigenvalue weighted by Crippen LogP contribution is -2.42. The standard InChI is InChI=1S/C32H36N2O5S/c1-7-38-31(36)26-25(23-15-13-22(14-16-23)19(5)6)27(32(37)39-8-2)30-34(28(26)33)29(35)24(40-30)17-20-9-11-21(12-10-20)18(3)4/h9-19,25H,7-8,33H2,1-6H3. The van der Waals surface area contributed by atoms with E-state index in [0.29, 0.717) is 26.6 Å². The number of fused-ring (bicyclic) bond motifs is 1. The maximum absolute atomic E-state index is 13.7. The summed E-state index contributed by atoms with van der Waals surface area (Å²) in [6, 6.07) is 15.7. The highest BCUT2D eigenvalue weighted by molar-refractivity contribution is 7.07. The molecule has 0 saturated carbocycles. The van der Waals surface area contributed by atoms with Crippen LogP contribution in [-0.4, -0.2) is 29.7 Å². The maximum Gasteiger partial charge on any atom is 0.338 e. The van der Waals surface area contributed by atoms with Gasteiger partial charge in [0.05, 0.1) is 34.8 Å². The Hall–Kier alpha value is -3.91. The lowest BCUT2D eigenvalue weighted by atomic mass is 9.82. The number of rotatable bonds is 8. The van der Waals surface area contributed by atoms with Gasteiger partial charge in [-0.2, -0.15) is 0 Å². The van der Waals surface area contributed by atoms with Crippen LogP contribution in [0.2, 0.25) is 0 Å². The lowest BCUT2D eigenvalue weighted by molar-refractivity contribution is -0.138. The minimum absolute atomic E-state index is 0.0439. The largest absolute Gasteiger partial charge is 0.463 e. The third-order valence-electron chi connectivity index (χ3n) is 6.98. The highest BCUT2D eigenvalue weighted by Crippen LogP contribution is 2.38. The van der Waals surface area contributed by atoms with Crippen LogP contribution < -0.4 is 20.5 Å². The minimum Gasteiger partial charge on any atom is -0.463 e. The summed E-state index contributed by atoms with van der Waals surface area (Å²) in [5.74, 6) is -1.52. The predicted octanol–water partition coefficient (Wildman–Crippen LogP) is 4.19. The smallest absolute Gasteiger partial charge is 0.338 e. The molecular weight excluding hydrogens is 524 g/mol. The van der Waals surface area contributed by atoms with Crippen molar-refractivity contribution in [2.45, 2.75) is 59.3 Å². The highest BCUT2D eigenvalue weighted by atomic mass is 32.1. The third-order valence-corrected chi connectivity index (χ3v) is 8.08. The molecule has 1 atom stereocenters. The van der Waals surface area contributed by atoms with E-state index in [0.717, 1.165) is 22.5 Å². The Labute approximate surface area is 238 Å². The van der Waals surface area contributed by atoms with Crippen LogP contribution in [-0.2, 0) is 19.1 Å². The second kappa shape index (κ2) is 12.1. The first kappa shape index (κ1) is 29.1. The molecule has 3 aromatic rings. The molecule has 40 heavy (non-hydrogen) atoms. The number of esters is 2. The van der Waals surface area contributed by atoms with Gasteiger partial charge in [-0.3, -0.25) is 9.36 Å². The van der Waals surface area contributed by atoms with Crippen molar-refractivity contribution in [2.75, 3.05) is 13.2 Å². The molecule has 4 rings (SSSR count). The van der Waals surface area contributed by atoms with Crippen molar-refractivity contribution >= 4 is 40.7 Å². The van der Waals surface area contributed by atoms with Crippen molar-refractivity contribution in [3.05, 3.63) is 95.9 Å². The first-order valence-electron chi connectivity index (χ1n) is 13.6. The summed E-state index contributed by atoms with van der Waals surface area (Å²) in [5.41, 5.74) is 10.2. The monoisotopic (exact) mass is 560 g/mol. The minimum atomic E-state index is -0.865. The first-order chi connectivity index (χ1) is 19.1. The molecule has 2 N–H and O–H groups in total. The molecule has 1 unspecified atom stereocenters. The van der Waals surface area contributed by atoms with Crippen LogP contribution in [0.5, 0.6) is 0 Å². The number of carbonyl (C=O) groups excluding carboxylic acids is 2. The molecule has 0 radical (unpaired) electrons. The normalized spacial score (nSPS) is 15.6. The van der Waals surface area contributed by atoms with Crippen LogP contribution >= 0.6 is 11.3 Å². The van der Waals surface area contributed by atoms with Crippen molar-refractivity contribution in [3.63, 3.8) is 0 Å². The molecule has 2 heterocycles. The number of hydrogen-bond acceptors (Lipinski definition) is 7. The first-order valence-corrected chi connectivity index (χ1v) is 14.4. The molecule has 0 saturated heterocycles. The molecule has 1 aliphatic heterocycles. The number of aromatic nitrogens is 1. The second-order valence-corrected chi connectivity index (χ2v) is 11.3. The number of nitrogens with zero attached hydrogens (tertiary/aromatic N) is 1. The maximum atomic E-state index is 13.7. The number of nitrogens with two attached hydrogens (primary N) is 1. The molecule has 1 aliphatic rings. The van der Waals surface area contributed by atoms with E-state index in [1.54, 1.807) is 19.9 Å². The van der Waals surface area contributed by atoms with Crippen molar-refractivity contribution in [1.82, 2.24) is 4.57 Å². The molecular formula is C32H36N2O5S. The van der Waals surface area contributed by atoms with E-state index in [1.165, 1.54) is 10.1 Å². The van der Waals surface area contributed by atoms with Gasteiger partial charge >= 0.3 is 11.9 Å². The second-order valence-electron chi connectivity index (χ2n) is 10.3. The Morgan fingerprint density at radius 2 is 1.38 bits per heavy atom. The van der Waals surface area contributed by atoms with Gasteiger partial charge in [-0.25, -0.2) is 9.59 Å². The SMILES string of the molecule is CCOC(=O)C1=C(N)n2c(sc(=Cc3ccc(C(C)C)cc3)c2=O)=C(C(=O)OCC)C1c1ccc(C(C)C)cc1. The van der Waals surface area contributed by atoms with Crippen LogP contribution in [0.3, 0.4) is 0 Å². The molecule has 0 amide bonds. The zero-order valence-corrected chi connectivity index (χ0v) is 24.6. The summed E-state index contributed by atoms with van der Waals surface area (Å²) in [6.07, 6.45) is 1.77. The van der Waals surface area contributed by atoms with E-state index in [-0.39, 0.29) is 30.2 Å². The van der Waals surface area contributed by atoms with Crippen LogP contribution in [0, 0.1) is 0 Å². The quantitative estimate of drug-likeness (QED) is 0.415. The molecule has 0 fully saturated rings. The summed E-state index contributed by atoms with van der Waals surface area (Å²) in [5, 5.41) is 0. The van der Waals surface area contributed by atoms with Gasteiger partial charge in [0, 0.05) is 0 Å². The zero-order valence-electron chi connectivity index (χ0n) is 23.8. The number of benzene rings is 2. The summed E-state index contributed by atoms with van der Waals surface area (Å²) < 4.78 is 12.8. The Balaban J connectivity index is 2.04. The number of hydrogen-bond donors (Lipinski definition) is 1. The summed E-state index contributed by atoms with van der Waals surface area (Å²) >= 11 is 1.16. The Bertz CT molecular complexity index is 1620. The fraction of sp³-hybridized carbons (Fsp3) is 0.344. The number of carbonyl (C=O) groups is 2. The molecule has 7 nitrogen and oxygen atoms in total. The van der Waals surface area contributed by atoms with E-state index in [1.807, 2.05) is 48.5 Å². The fourth-order valence-corrected chi connectivity index (χ4v) is 5.96. The molecule has 8 heteroatoms. The van der Waals surface area contributed by atoms with Gasteiger partial charge in [-0.05, 0) is 54.0 Å². The summed E-state index contributed by atoms with van der Waals surface area (Å²) in [7, 11) is 0. The van der Waals surface area contributed by atoms with Crippen LogP contribution in [0.15, 0.2) is 58.9 Å². The topological polar surface area (TPSA) is 101 Å². The fourth-order valence-electron chi connectivity index (χ4n) is 4.80. The van der Waals surface area contributed by atoms with Crippen molar-refractivity contribution < 1.29 is 19.1 Å². The van der Waals surface area contributed by atoms with Gasteiger partial charge < -0.3 is 15.2 Å². The van der Waals surface area contributed by atoms with Crippen molar-refractivity contribution in [1.29, 1.82) is 0 Å². The predicted molar refractivity (Wildman–Crippen MR) is 159 cm³/mol. The Kier molecular flexibility index (Phi) is 8.79. The van der Waals surface area contributed by atoms with Crippen LogP contribution in [0.25, 0.3) is 17.5 Å². The lowest BCUT2D eigenvalue weighted by Gasteiger charge is -2.27. The molecule has 210 valence electrons. The molecule has 0 aliphatic carbocycles. The van der Waals surface area contributed by atoms with Crippen LogP contribution in [0.4, 0.5) is 0 Å². The Morgan fingerprint density at radius 3 is 1.88 bits per heavy atom. The summed E-state index contributed by atoms with van der Waals surface area (Å²) in [6.45, 7) is 12.1. The van der Waals surface area contributed by atoms with E-state index in [2.05, 4.69) is 27.7 Å². The van der Waals surface area contributed by atoms with Gasteiger partial charge in [0.1, 0.15) is 10.5 Å². The van der Waals surface area contributed by atoms with Gasteiger partial charge in [-0.15, -0.1) is 11.3 Å². The molecule has 2 aromatic carbocycles. The highest BCUT2D eigenvalue weighted by Gasteiger charge is 2.40. The Morgan fingerprint density at radius 1 is 0.875 bits per heavy atom. The van der Waals surface area contributed by atoms with Crippen molar-refractivity contribution in [2.24, 2.45) is 5.73 Å².